The minimum atomic E-state index is -2.81. The largest absolute Gasteiger partial charge is 0.435 e. The van der Waals surface area contributed by atoms with Gasteiger partial charge < -0.3 is 4.74 Å². The molecule has 0 aliphatic carbocycles. The summed E-state index contributed by atoms with van der Waals surface area (Å²) >= 11 is 3.31. The Morgan fingerprint density at radius 3 is 2.80 bits per heavy atom. The van der Waals surface area contributed by atoms with Crippen molar-refractivity contribution in [1.82, 2.24) is 4.98 Å². The van der Waals surface area contributed by atoms with Gasteiger partial charge in [-0.2, -0.15) is 8.78 Å². The van der Waals surface area contributed by atoms with Crippen LogP contribution in [0.4, 0.5) is 8.78 Å². The molecule has 2 aromatic rings. The Morgan fingerprint density at radius 1 is 1.27 bits per heavy atom. The van der Waals surface area contributed by atoms with Gasteiger partial charge in [-0.15, -0.1) is 0 Å². The Balaban J connectivity index is 2.50. The summed E-state index contributed by atoms with van der Waals surface area (Å²) in [4.78, 5) is 4.09. The Bertz CT molecular complexity index is 490. The summed E-state index contributed by atoms with van der Waals surface area (Å²) in [5, 5.41) is 0.746. The van der Waals surface area contributed by atoms with Crippen LogP contribution in [0.25, 0.3) is 10.9 Å². The molecule has 0 radical (unpaired) electrons. The number of benzene rings is 1. The average molecular weight is 274 g/mol. The highest BCUT2D eigenvalue weighted by atomic mass is 79.9. The van der Waals surface area contributed by atoms with Crippen molar-refractivity contribution in [1.29, 1.82) is 0 Å². The molecule has 0 unspecified atom stereocenters. The van der Waals surface area contributed by atoms with Gasteiger partial charge in [0.1, 0.15) is 5.75 Å². The highest BCUT2D eigenvalue weighted by Crippen LogP contribution is 2.26. The van der Waals surface area contributed by atoms with Gasteiger partial charge in [-0.25, -0.2) is 0 Å². The molecule has 78 valence electrons. The van der Waals surface area contributed by atoms with Crippen molar-refractivity contribution in [3.05, 3.63) is 34.9 Å². The molecule has 2 nitrogen and oxygen atoms in total. The second-order valence-electron chi connectivity index (χ2n) is 2.85. The van der Waals surface area contributed by atoms with Crippen LogP contribution in [0.15, 0.2) is 34.9 Å². The molecule has 1 aromatic heterocycles. The lowest BCUT2D eigenvalue weighted by Gasteiger charge is -2.05. The summed E-state index contributed by atoms with van der Waals surface area (Å²) in [7, 11) is 0. The fourth-order valence-corrected chi connectivity index (χ4v) is 1.70. The fraction of sp³-hybridized carbons (Fsp3) is 0.100. The number of hydrogen-bond acceptors (Lipinski definition) is 2. The van der Waals surface area contributed by atoms with E-state index in [4.69, 9.17) is 0 Å². The van der Waals surface area contributed by atoms with Crippen molar-refractivity contribution in [3.8, 4) is 5.75 Å². The first kappa shape index (κ1) is 10.3. The minimum Gasteiger partial charge on any atom is -0.435 e. The predicted octanol–water partition coefficient (Wildman–Crippen LogP) is 3.60. The van der Waals surface area contributed by atoms with Crippen LogP contribution in [-0.4, -0.2) is 11.6 Å². The van der Waals surface area contributed by atoms with Crippen LogP contribution in [0.3, 0.4) is 0 Å². The highest BCUT2D eigenvalue weighted by molar-refractivity contribution is 9.10. The van der Waals surface area contributed by atoms with Crippen LogP contribution >= 0.6 is 15.9 Å². The third kappa shape index (κ3) is 2.23. The van der Waals surface area contributed by atoms with Crippen molar-refractivity contribution in [2.24, 2.45) is 0 Å². The van der Waals surface area contributed by atoms with Gasteiger partial charge in [0.25, 0.3) is 0 Å². The first-order valence-electron chi connectivity index (χ1n) is 4.16. The molecule has 0 aliphatic rings. The third-order valence-corrected chi connectivity index (χ3v) is 2.58. The van der Waals surface area contributed by atoms with E-state index in [0.29, 0.717) is 0 Å². The fourth-order valence-electron chi connectivity index (χ4n) is 1.27. The second kappa shape index (κ2) is 4.10. The van der Waals surface area contributed by atoms with E-state index >= 15 is 0 Å². The standard InChI is InChI=1S/C10H6BrF2NO/c11-8-3-4-14-9-2-1-6(5-7(8)9)15-10(12)13/h1-5,10H. The van der Waals surface area contributed by atoms with Crippen molar-refractivity contribution < 1.29 is 13.5 Å². The summed E-state index contributed by atoms with van der Waals surface area (Å²) < 4.78 is 29.0. The first-order chi connectivity index (χ1) is 7.16. The maximum atomic E-state index is 12.0. The Hall–Kier alpha value is -1.23. The SMILES string of the molecule is FC(F)Oc1ccc2nccc(Br)c2c1. The summed E-state index contributed by atoms with van der Waals surface area (Å²) in [5.74, 6) is 0.131. The van der Waals surface area contributed by atoms with E-state index in [2.05, 4.69) is 25.7 Å². The quantitative estimate of drug-likeness (QED) is 0.834. The Labute approximate surface area is 93.0 Å². The highest BCUT2D eigenvalue weighted by Gasteiger charge is 2.06. The zero-order valence-corrected chi connectivity index (χ0v) is 9.04. The van der Waals surface area contributed by atoms with Crippen LogP contribution in [0, 0.1) is 0 Å². The van der Waals surface area contributed by atoms with Gasteiger partial charge in [0.15, 0.2) is 0 Å². The third-order valence-electron chi connectivity index (χ3n) is 1.88. The number of pyridine rings is 1. The average Bonchev–Trinajstić information content (AvgIpc) is 2.18. The van der Waals surface area contributed by atoms with Crippen molar-refractivity contribution in [3.63, 3.8) is 0 Å². The summed E-state index contributed by atoms with van der Waals surface area (Å²) in [6.07, 6.45) is 1.64. The molecule has 0 aliphatic heterocycles. The summed E-state index contributed by atoms with van der Waals surface area (Å²) in [5.41, 5.74) is 0.728. The van der Waals surface area contributed by atoms with E-state index in [9.17, 15) is 8.78 Å². The number of alkyl halides is 2. The summed E-state index contributed by atoms with van der Waals surface area (Å²) in [6.45, 7) is -2.81. The Kier molecular flexibility index (Phi) is 2.81. The van der Waals surface area contributed by atoms with E-state index < -0.39 is 6.61 Å². The molecule has 5 heteroatoms. The molecule has 0 saturated heterocycles. The molecule has 0 atom stereocenters. The van der Waals surface area contributed by atoms with Gasteiger partial charge in [-0.3, -0.25) is 4.98 Å². The topological polar surface area (TPSA) is 22.1 Å². The van der Waals surface area contributed by atoms with Crippen LogP contribution in [0.1, 0.15) is 0 Å². The first-order valence-corrected chi connectivity index (χ1v) is 4.95. The van der Waals surface area contributed by atoms with Crippen molar-refractivity contribution >= 4 is 26.8 Å². The lowest BCUT2D eigenvalue weighted by atomic mass is 10.2. The maximum absolute atomic E-state index is 12.0. The van der Waals surface area contributed by atoms with Crippen LogP contribution in [0.5, 0.6) is 5.75 Å². The number of aromatic nitrogens is 1. The molecular weight excluding hydrogens is 268 g/mol. The van der Waals surface area contributed by atoms with E-state index in [0.717, 1.165) is 15.4 Å². The molecule has 0 fully saturated rings. The van der Waals surface area contributed by atoms with Crippen LogP contribution in [0.2, 0.25) is 0 Å². The number of hydrogen-bond donors (Lipinski definition) is 0. The summed E-state index contributed by atoms with van der Waals surface area (Å²) in [6, 6.07) is 6.37. The molecule has 0 bridgehead atoms. The smallest absolute Gasteiger partial charge is 0.387 e. The Morgan fingerprint density at radius 2 is 2.07 bits per heavy atom. The van der Waals surface area contributed by atoms with Crippen LogP contribution < -0.4 is 4.74 Å². The normalized spacial score (nSPS) is 10.9. The molecule has 0 N–H and O–H groups in total. The number of nitrogens with zero attached hydrogens (tertiary/aromatic N) is 1. The van der Waals surface area contributed by atoms with Gasteiger partial charge in [-0.05, 0) is 24.3 Å². The van der Waals surface area contributed by atoms with E-state index in [1.54, 1.807) is 18.3 Å². The van der Waals surface area contributed by atoms with Gasteiger partial charge >= 0.3 is 6.61 Å². The predicted molar refractivity (Wildman–Crippen MR) is 56.1 cm³/mol. The maximum Gasteiger partial charge on any atom is 0.387 e. The van der Waals surface area contributed by atoms with Crippen molar-refractivity contribution in [2.75, 3.05) is 0 Å². The van der Waals surface area contributed by atoms with E-state index in [-0.39, 0.29) is 5.75 Å². The van der Waals surface area contributed by atoms with Crippen LogP contribution in [-0.2, 0) is 0 Å². The number of rotatable bonds is 2. The molecule has 0 saturated carbocycles. The molecule has 2 rings (SSSR count). The molecule has 15 heavy (non-hydrogen) atoms. The lowest BCUT2D eigenvalue weighted by molar-refractivity contribution is -0.0497. The minimum absolute atomic E-state index is 0.131. The molecule has 0 amide bonds. The number of ether oxygens (including phenoxy) is 1. The molecule has 1 aromatic carbocycles. The van der Waals surface area contributed by atoms with Gasteiger partial charge in [0, 0.05) is 16.1 Å². The monoisotopic (exact) mass is 273 g/mol. The molecule has 0 spiro atoms. The second-order valence-corrected chi connectivity index (χ2v) is 3.70. The zero-order chi connectivity index (χ0) is 10.8. The zero-order valence-electron chi connectivity index (χ0n) is 7.45. The van der Waals surface area contributed by atoms with E-state index in [1.165, 1.54) is 12.1 Å². The van der Waals surface area contributed by atoms with Gasteiger partial charge in [-0.1, -0.05) is 15.9 Å². The number of fused-ring (bicyclic) bond motifs is 1. The number of halogens is 3. The van der Waals surface area contributed by atoms with Crippen molar-refractivity contribution in [2.45, 2.75) is 6.61 Å². The lowest BCUT2D eigenvalue weighted by Crippen LogP contribution is -2.01. The van der Waals surface area contributed by atoms with Gasteiger partial charge in [0.05, 0.1) is 5.52 Å². The molecular formula is C10H6BrF2NO. The molecule has 1 heterocycles. The van der Waals surface area contributed by atoms with Gasteiger partial charge in [0.2, 0.25) is 0 Å². The van der Waals surface area contributed by atoms with E-state index in [1.807, 2.05) is 0 Å².